The van der Waals surface area contributed by atoms with Crippen LogP contribution in [0.25, 0.3) is 0 Å². The van der Waals surface area contributed by atoms with Gasteiger partial charge in [0.25, 0.3) is 11.6 Å². The van der Waals surface area contributed by atoms with E-state index in [-0.39, 0.29) is 12.2 Å². The predicted molar refractivity (Wildman–Crippen MR) is 66.3 cm³/mol. The normalized spacial score (nSPS) is 11.2. The number of aliphatic hydroxyl groups excluding tert-OH is 1. The molecule has 19 heavy (non-hydrogen) atoms. The quantitative estimate of drug-likeness (QED) is 0.628. The van der Waals surface area contributed by atoms with Crippen LogP contribution < -0.4 is 5.32 Å². The van der Waals surface area contributed by atoms with Crippen molar-refractivity contribution in [2.75, 3.05) is 6.61 Å². The Morgan fingerprint density at radius 3 is 2.63 bits per heavy atom. The summed E-state index contributed by atoms with van der Waals surface area (Å²) in [6.45, 7) is 3.25. The highest BCUT2D eigenvalue weighted by molar-refractivity contribution is 5.95. The molecular formula is C12H15FN2O4. The number of nitrogens with one attached hydrogen (secondary N) is 1. The number of non-ortho nitro benzene ring substituents is 1. The number of hydrogen-bond donors (Lipinski definition) is 2. The van der Waals surface area contributed by atoms with Gasteiger partial charge in [-0.05, 0) is 26.3 Å². The Morgan fingerprint density at radius 2 is 2.16 bits per heavy atom. The minimum atomic E-state index is -0.952. The van der Waals surface area contributed by atoms with Gasteiger partial charge in [0.05, 0.1) is 16.6 Å². The summed E-state index contributed by atoms with van der Waals surface area (Å²) < 4.78 is 13.6. The maximum absolute atomic E-state index is 13.6. The Hall–Kier alpha value is -2.02. The van der Waals surface area contributed by atoms with Gasteiger partial charge in [0.1, 0.15) is 5.82 Å². The minimum Gasteiger partial charge on any atom is -0.396 e. The standard InChI is InChI=1S/C12H15FN2O4/c1-12(2,5-6-16)14-11(17)9-4-3-8(15(18)19)7-10(9)13/h3-4,7,16H,5-6H2,1-2H3,(H,14,17). The van der Waals surface area contributed by atoms with Crippen LogP contribution in [-0.4, -0.2) is 28.1 Å². The summed E-state index contributed by atoms with van der Waals surface area (Å²) in [5.41, 5.74) is -1.37. The van der Waals surface area contributed by atoms with Crippen LogP contribution in [-0.2, 0) is 0 Å². The van der Waals surface area contributed by atoms with Crippen LogP contribution in [0.2, 0.25) is 0 Å². The molecule has 0 aliphatic rings. The van der Waals surface area contributed by atoms with Crippen LogP contribution in [0.3, 0.4) is 0 Å². The topological polar surface area (TPSA) is 92.5 Å². The molecule has 2 N–H and O–H groups in total. The molecule has 0 atom stereocenters. The number of nitro groups is 1. The molecule has 0 radical (unpaired) electrons. The molecule has 1 rings (SSSR count). The number of hydrogen-bond acceptors (Lipinski definition) is 4. The Balaban J connectivity index is 2.92. The van der Waals surface area contributed by atoms with E-state index in [0.717, 1.165) is 12.1 Å². The molecule has 0 saturated carbocycles. The van der Waals surface area contributed by atoms with Crippen LogP contribution in [0, 0.1) is 15.9 Å². The number of aliphatic hydroxyl groups is 1. The van der Waals surface area contributed by atoms with E-state index in [1.165, 1.54) is 0 Å². The number of rotatable bonds is 5. The van der Waals surface area contributed by atoms with Gasteiger partial charge in [-0.1, -0.05) is 0 Å². The van der Waals surface area contributed by atoms with Gasteiger partial charge in [0, 0.05) is 18.2 Å². The molecule has 0 fully saturated rings. The highest BCUT2D eigenvalue weighted by Crippen LogP contribution is 2.17. The van der Waals surface area contributed by atoms with E-state index < -0.39 is 27.9 Å². The fourth-order valence-corrected chi connectivity index (χ4v) is 1.52. The van der Waals surface area contributed by atoms with E-state index in [9.17, 15) is 19.3 Å². The molecule has 0 saturated heterocycles. The Kier molecular flexibility index (Phi) is 4.55. The summed E-state index contributed by atoms with van der Waals surface area (Å²) in [5, 5.41) is 21.9. The van der Waals surface area contributed by atoms with Gasteiger partial charge >= 0.3 is 0 Å². The number of nitro benzene ring substituents is 1. The molecular weight excluding hydrogens is 255 g/mol. The summed E-state index contributed by atoms with van der Waals surface area (Å²) in [4.78, 5) is 21.6. The average molecular weight is 270 g/mol. The van der Waals surface area contributed by atoms with Crippen molar-refractivity contribution in [1.29, 1.82) is 0 Å². The minimum absolute atomic E-state index is 0.115. The van der Waals surface area contributed by atoms with Crippen molar-refractivity contribution in [1.82, 2.24) is 5.32 Å². The molecule has 0 bridgehead atoms. The van der Waals surface area contributed by atoms with E-state index in [4.69, 9.17) is 5.11 Å². The van der Waals surface area contributed by atoms with Gasteiger partial charge in [-0.15, -0.1) is 0 Å². The lowest BCUT2D eigenvalue weighted by Gasteiger charge is -2.25. The first-order chi connectivity index (χ1) is 8.76. The summed E-state index contributed by atoms with van der Waals surface area (Å²) in [6, 6.07) is 2.84. The van der Waals surface area contributed by atoms with Gasteiger partial charge in [0.15, 0.2) is 0 Å². The second-order valence-corrected chi connectivity index (χ2v) is 4.73. The molecule has 1 aromatic carbocycles. The lowest BCUT2D eigenvalue weighted by Crippen LogP contribution is -2.44. The molecule has 0 spiro atoms. The third-order valence-corrected chi connectivity index (χ3v) is 2.60. The molecule has 1 amide bonds. The molecule has 0 aliphatic carbocycles. The smallest absolute Gasteiger partial charge is 0.272 e. The van der Waals surface area contributed by atoms with E-state index >= 15 is 0 Å². The zero-order valence-corrected chi connectivity index (χ0v) is 10.6. The van der Waals surface area contributed by atoms with E-state index in [1.807, 2.05) is 0 Å². The lowest BCUT2D eigenvalue weighted by atomic mass is 10.0. The van der Waals surface area contributed by atoms with Crippen LogP contribution >= 0.6 is 0 Å². The first-order valence-corrected chi connectivity index (χ1v) is 5.64. The SMILES string of the molecule is CC(C)(CCO)NC(=O)c1ccc([N+](=O)[O-])cc1F. The second-order valence-electron chi connectivity index (χ2n) is 4.73. The maximum Gasteiger partial charge on any atom is 0.272 e. The number of halogens is 1. The van der Waals surface area contributed by atoms with Crippen molar-refractivity contribution in [2.24, 2.45) is 0 Å². The lowest BCUT2D eigenvalue weighted by molar-refractivity contribution is -0.385. The Morgan fingerprint density at radius 1 is 1.53 bits per heavy atom. The van der Waals surface area contributed by atoms with Crippen molar-refractivity contribution in [3.63, 3.8) is 0 Å². The summed E-state index contributed by atoms with van der Waals surface area (Å²) in [7, 11) is 0. The average Bonchev–Trinajstić information content (AvgIpc) is 2.27. The number of carbonyl (C=O) groups excluding carboxylic acids is 1. The van der Waals surface area contributed by atoms with Crippen molar-refractivity contribution < 1.29 is 19.2 Å². The largest absolute Gasteiger partial charge is 0.396 e. The monoisotopic (exact) mass is 270 g/mol. The van der Waals surface area contributed by atoms with Gasteiger partial charge in [-0.2, -0.15) is 0 Å². The second kappa shape index (κ2) is 5.75. The zero-order chi connectivity index (χ0) is 14.6. The Bertz CT molecular complexity index is 503. The Labute approximate surface area is 109 Å². The van der Waals surface area contributed by atoms with Gasteiger partial charge in [-0.25, -0.2) is 4.39 Å². The third-order valence-electron chi connectivity index (χ3n) is 2.60. The number of nitrogens with zero attached hydrogens (tertiary/aromatic N) is 1. The highest BCUT2D eigenvalue weighted by Gasteiger charge is 2.23. The predicted octanol–water partition coefficient (Wildman–Crippen LogP) is 1.62. The van der Waals surface area contributed by atoms with Crippen LogP contribution in [0.4, 0.5) is 10.1 Å². The van der Waals surface area contributed by atoms with Gasteiger partial charge < -0.3 is 10.4 Å². The molecule has 0 aromatic heterocycles. The van der Waals surface area contributed by atoms with Crippen molar-refractivity contribution >= 4 is 11.6 Å². The van der Waals surface area contributed by atoms with E-state index in [1.54, 1.807) is 13.8 Å². The van der Waals surface area contributed by atoms with E-state index in [2.05, 4.69) is 5.32 Å². The first kappa shape index (κ1) is 15.0. The van der Waals surface area contributed by atoms with Crippen LogP contribution in [0.15, 0.2) is 18.2 Å². The molecule has 0 aliphatic heterocycles. The first-order valence-electron chi connectivity index (χ1n) is 5.64. The fourth-order valence-electron chi connectivity index (χ4n) is 1.52. The van der Waals surface area contributed by atoms with Crippen molar-refractivity contribution in [3.8, 4) is 0 Å². The molecule has 104 valence electrons. The molecule has 6 nitrogen and oxygen atoms in total. The maximum atomic E-state index is 13.6. The zero-order valence-electron chi connectivity index (χ0n) is 10.6. The summed E-state index contributed by atoms with van der Waals surface area (Å²) in [5.74, 6) is -1.63. The van der Waals surface area contributed by atoms with Crippen LogP contribution in [0.5, 0.6) is 0 Å². The van der Waals surface area contributed by atoms with Gasteiger partial charge in [0.2, 0.25) is 0 Å². The van der Waals surface area contributed by atoms with Crippen molar-refractivity contribution in [2.45, 2.75) is 25.8 Å². The molecule has 0 heterocycles. The van der Waals surface area contributed by atoms with Crippen molar-refractivity contribution in [3.05, 3.63) is 39.7 Å². The fraction of sp³-hybridized carbons (Fsp3) is 0.417. The van der Waals surface area contributed by atoms with Crippen LogP contribution in [0.1, 0.15) is 30.6 Å². The van der Waals surface area contributed by atoms with Gasteiger partial charge in [-0.3, -0.25) is 14.9 Å². The number of amides is 1. The van der Waals surface area contributed by atoms with E-state index in [0.29, 0.717) is 12.5 Å². The third kappa shape index (κ3) is 3.99. The summed E-state index contributed by atoms with van der Waals surface area (Å²) in [6.07, 6.45) is 0.313. The highest BCUT2D eigenvalue weighted by atomic mass is 19.1. The summed E-state index contributed by atoms with van der Waals surface area (Å²) >= 11 is 0. The number of benzene rings is 1. The molecule has 7 heteroatoms. The molecule has 0 unspecified atom stereocenters. The number of carbonyl (C=O) groups is 1. The molecule has 1 aromatic rings.